The average molecular weight is 308 g/mol. The van der Waals surface area contributed by atoms with E-state index < -0.39 is 6.10 Å². The van der Waals surface area contributed by atoms with Gasteiger partial charge in [0, 0.05) is 5.92 Å². The van der Waals surface area contributed by atoms with E-state index in [-0.39, 0.29) is 12.0 Å². The zero-order chi connectivity index (χ0) is 16.1. The number of hydrogen-bond donors (Lipinski definition) is 1. The Hall–Kier alpha value is -1.90. The van der Waals surface area contributed by atoms with Crippen LogP contribution in [-0.4, -0.2) is 11.7 Å². The molecule has 23 heavy (non-hydrogen) atoms. The number of hydrogen-bond acceptors (Lipinski definition) is 2. The molecule has 1 saturated heterocycles. The summed E-state index contributed by atoms with van der Waals surface area (Å²) in [5.74, 6) is 0.481. The van der Waals surface area contributed by atoms with E-state index in [4.69, 9.17) is 4.74 Å². The first kappa shape index (κ1) is 16.0. The van der Waals surface area contributed by atoms with Gasteiger partial charge in [0.25, 0.3) is 0 Å². The molecule has 1 aliphatic heterocycles. The molecule has 2 nitrogen and oxygen atoms in total. The van der Waals surface area contributed by atoms with E-state index in [1.54, 1.807) is 0 Å². The lowest BCUT2D eigenvalue weighted by Crippen LogP contribution is -2.32. The summed E-state index contributed by atoms with van der Waals surface area (Å²) in [4.78, 5) is 0. The minimum Gasteiger partial charge on any atom is -0.388 e. The lowest BCUT2D eigenvalue weighted by atomic mass is 9.79. The number of benzene rings is 2. The lowest BCUT2D eigenvalue weighted by Gasteiger charge is -2.38. The number of aliphatic hydroxyl groups excluding tert-OH is 1. The lowest BCUT2D eigenvalue weighted by molar-refractivity contribution is -0.0900. The highest BCUT2D eigenvalue weighted by Crippen LogP contribution is 2.41. The molecule has 0 radical (unpaired) electrons. The summed E-state index contributed by atoms with van der Waals surface area (Å²) in [5.41, 5.74) is 2.18. The third-order valence-electron chi connectivity index (χ3n) is 4.71. The minimum atomic E-state index is -0.472. The molecular weight excluding hydrogens is 284 g/mol. The van der Waals surface area contributed by atoms with Gasteiger partial charge in [-0.15, -0.1) is 6.58 Å². The van der Waals surface area contributed by atoms with Crippen molar-refractivity contribution in [3.63, 3.8) is 0 Å². The highest BCUT2D eigenvalue weighted by Gasteiger charge is 2.35. The van der Waals surface area contributed by atoms with Crippen molar-refractivity contribution in [1.82, 2.24) is 0 Å². The van der Waals surface area contributed by atoms with Gasteiger partial charge in [-0.05, 0) is 29.9 Å². The van der Waals surface area contributed by atoms with Crippen LogP contribution in [0.5, 0.6) is 0 Å². The smallest absolute Gasteiger partial charge is 0.0856 e. The molecule has 0 amide bonds. The fourth-order valence-corrected chi connectivity index (χ4v) is 3.53. The molecule has 2 heteroatoms. The molecule has 0 unspecified atom stereocenters. The first-order valence-electron chi connectivity index (χ1n) is 8.30. The number of allylic oxidation sites excluding steroid dienone is 1. The average Bonchev–Trinajstić information content (AvgIpc) is 2.63. The van der Waals surface area contributed by atoms with E-state index in [1.165, 1.54) is 5.56 Å². The van der Waals surface area contributed by atoms with Crippen LogP contribution in [0.1, 0.15) is 36.2 Å². The Morgan fingerprint density at radius 1 is 1.09 bits per heavy atom. The van der Waals surface area contributed by atoms with Crippen molar-refractivity contribution in [3.8, 4) is 0 Å². The van der Waals surface area contributed by atoms with E-state index >= 15 is 0 Å². The molecule has 2 aromatic carbocycles. The quantitative estimate of drug-likeness (QED) is 0.812. The van der Waals surface area contributed by atoms with Crippen molar-refractivity contribution in [2.24, 2.45) is 11.8 Å². The van der Waals surface area contributed by atoms with Crippen LogP contribution < -0.4 is 0 Å². The third kappa shape index (κ3) is 3.72. The van der Waals surface area contributed by atoms with Gasteiger partial charge in [0.05, 0.1) is 18.8 Å². The second kappa shape index (κ2) is 7.58. The fraction of sp³-hybridized carbons (Fsp3) is 0.333. The minimum absolute atomic E-state index is 0.0911. The van der Waals surface area contributed by atoms with Gasteiger partial charge in [-0.1, -0.05) is 66.7 Å². The van der Waals surface area contributed by atoms with E-state index in [0.717, 1.165) is 18.4 Å². The van der Waals surface area contributed by atoms with E-state index in [2.05, 4.69) is 30.8 Å². The highest BCUT2D eigenvalue weighted by atomic mass is 16.5. The Bertz CT molecular complexity index is 608. The van der Waals surface area contributed by atoms with Gasteiger partial charge >= 0.3 is 0 Å². The number of rotatable bonds is 5. The highest BCUT2D eigenvalue weighted by molar-refractivity contribution is 5.21. The van der Waals surface area contributed by atoms with Crippen molar-refractivity contribution in [2.45, 2.75) is 25.0 Å². The van der Waals surface area contributed by atoms with Crippen molar-refractivity contribution < 1.29 is 9.84 Å². The summed E-state index contributed by atoms with van der Waals surface area (Å²) in [6, 6.07) is 20.2. The molecule has 0 aromatic heterocycles. The van der Waals surface area contributed by atoms with Gasteiger partial charge in [-0.2, -0.15) is 0 Å². The van der Waals surface area contributed by atoms with E-state index in [9.17, 15) is 5.11 Å². The third-order valence-corrected chi connectivity index (χ3v) is 4.71. The first-order valence-corrected chi connectivity index (χ1v) is 8.30. The maximum atomic E-state index is 10.7. The van der Waals surface area contributed by atoms with Crippen LogP contribution in [0.15, 0.2) is 73.3 Å². The zero-order valence-corrected chi connectivity index (χ0v) is 13.3. The van der Waals surface area contributed by atoms with Crippen molar-refractivity contribution in [2.75, 3.05) is 6.61 Å². The van der Waals surface area contributed by atoms with Gasteiger partial charge in [-0.25, -0.2) is 0 Å². The Balaban J connectivity index is 1.75. The molecule has 0 bridgehead atoms. The first-order chi connectivity index (χ1) is 11.3. The molecule has 1 fully saturated rings. The summed E-state index contributed by atoms with van der Waals surface area (Å²) in [6.45, 7) is 4.48. The Morgan fingerprint density at radius 3 is 2.39 bits per heavy atom. The molecule has 1 heterocycles. The van der Waals surface area contributed by atoms with Crippen LogP contribution in [0.25, 0.3) is 0 Å². The number of ether oxygens (including phenoxy) is 1. The van der Waals surface area contributed by atoms with Gasteiger partial charge in [0.15, 0.2) is 0 Å². The van der Waals surface area contributed by atoms with Crippen molar-refractivity contribution in [1.29, 1.82) is 0 Å². The Kier molecular flexibility index (Phi) is 5.27. The number of aliphatic hydroxyl groups is 1. The maximum Gasteiger partial charge on any atom is 0.0856 e. The van der Waals surface area contributed by atoms with Crippen LogP contribution in [0.4, 0.5) is 0 Å². The summed E-state index contributed by atoms with van der Waals surface area (Å²) in [7, 11) is 0. The van der Waals surface area contributed by atoms with Gasteiger partial charge in [0.2, 0.25) is 0 Å². The van der Waals surface area contributed by atoms with Crippen LogP contribution in [0.3, 0.4) is 0 Å². The summed E-state index contributed by atoms with van der Waals surface area (Å²) < 4.78 is 6.18. The molecule has 0 spiro atoms. The molecule has 2 aromatic rings. The molecule has 0 aliphatic carbocycles. The Morgan fingerprint density at radius 2 is 1.74 bits per heavy atom. The molecule has 3 rings (SSSR count). The van der Waals surface area contributed by atoms with Crippen molar-refractivity contribution >= 4 is 0 Å². The molecule has 120 valence electrons. The summed E-state index contributed by atoms with van der Waals surface area (Å²) in [5, 5.41) is 10.7. The van der Waals surface area contributed by atoms with E-state index in [0.29, 0.717) is 12.5 Å². The largest absolute Gasteiger partial charge is 0.388 e. The van der Waals surface area contributed by atoms with Crippen LogP contribution in [0, 0.1) is 11.8 Å². The SMILES string of the molecule is C=CC[C@H]1C[C@@H]([C@@H](O)c2ccccc2)CO[C@@H]1c1ccccc1. The van der Waals surface area contributed by atoms with Gasteiger partial charge < -0.3 is 9.84 Å². The molecule has 0 saturated carbocycles. The predicted molar refractivity (Wildman–Crippen MR) is 92.9 cm³/mol. The second-order valence-corrected chi connectivity index (χ2v) is 6.30. The summed E-state index contributed by atoms with van der Waals surface area (Å²) >= 11 is 0. The second-order valence-electron chi connectivity index (χ2n) is 6.30. The molecule has 4 atom stereocenters. The van der Waals surface area contributed by atoms with Gasteiger partial charge in [-0.3, -0.25) is 0 Å². The van der Waals surface area contributed by atoms with Gasteiger partial charge in [0.1, 0.15) is 0 Å². The zero-order valence-electron chi connectivity index (χ0n) is 13.3. The predicted octanol–water partition coefficient (Wildman–Crippen LogP) is 4.69. The van der Waals surface area contributed by atoms with E-state index in [1.807, 2.05) is 42.5 Å². The summed E-state index contributed by atoms with van der Waals surface area (Å²) in [6.07, 6.45) is 3.43. The van der Waals surface area contributed by atoms with Crippen LogP contribution in [-0.2, 0) is 4.74 Å². The fourth-order valence-electron chi connectivity index (χ4n) is 3.53. The maximum absolute atomic E-state index is 10.7. The monoisotopic (exact) mass is 308 g/mol. The normalized spacial score (nSPS) is 25.7. The Labute approximate surface area is 138 Å². The van der Waals surface area contributed by atoms with Crippen LogP contribution >= 0.6 is 0 Å². The molecule has 1 N–H and O–H groups in total. The topological polar surface area (TPSA) is 29.5 Å². The van der Waals surface area contributed by atoms with Crippen molar-refractivity contribution in [3.05, 3.63) is 84.4 Å². The molecule has 1 aliphatic rings. The van der Waals surface area contributed by atoms with Crippen LogP contribution in [0.2, 0.25) is 0 Å². The molecular formula is C21H24O2. The standard InChI is InChI=1S/C21H24O2/c1-2-9-18-14-19(20(22)16-10-5-3-6-11-16)15-23-21(18)17-12-7-4-8-13-17/h2-8,10-13,18-22H,1,9,14-15H2/t18-,19+,20-,21+/m0/s1.